The largest absolute Gasteiger partial charge is 0.306 e. The lowest BCUT2D eigenvalue weighted by Gasteiger charge is -2.19. The molecule has 2 rings (SSSR count). The van der Waals surface area contributed by atoms with Crippen molar-refractivity contribution in [3.8, 4) is 0 Å². The molecule has 0 aliphatic rings. The van der Waals surface area contributed by atoms with Gasteiger partial charge in [-0.25, -0.2) is 8.78 Å². The van der Waals surface area contributed by atoms with Crippen LogP contribution in [0, 0.1) is 18.6 Å². The summed E-state index contributed by atoms with van der Waals surface area (Å²) in [6.45, 7) is 4.81. The Morgan fingerprint density at radius 3 is 2.60 bits per heavy atom. The van der Waals surface area contributed by atoms with E-state index in [-0.39, 0.29) is 6.04 Å². The molecule has 1 aromatic heterocycles. The highest BCUT2D eigenvalue weighted by Crippen LogP contribution is 2.25. The van der Waals surface area contributed by atoms with Gasteiger partial charge in [-0.2, -0.15) is 5.10 Å². The van der Waals surface area contributed by atoms with Gasteiger partial charge >= 0.3 is 0 Å². The van der Waals surface area contributed by atoms with Gasteiger partial charge in [0.05, 0.1) is 12.2 Å². The molecule has 0 fully saturated rings. The topological polar surface area (TPSA) is 29.9 Å². The summed E-state index contributed by atoms with van der Waals surface area (Å²) in [6.07, 6.45) is 2.73. The van der Waals surface area contributed by atoms with Gasteiger partial charge in [-0.1, -0.05) is 13.0 Å². The summed E-state index contributed by atoms with van der Waals surface area (Å²) in [6, 6.07) is 3.84. The van der Waals surface area contributed by atoms with Crippen LogP contribution in [-0.4, -0.2) is 16.3 Å². The van der Waals surface area contributed by atoms with Crippen LogP contribution < -0.4 is 5.32 Å². The van der Waals surface area contributed by atoms with Crippen molar-refractivity contribution in [2.75, 3.05) is 6.54 Å². The molecule has 0 saturated carbocycles. The van der Waals surface area contributed by atoms with Gasteiger partial charge in [0.1, 0.15) is 0 Å². The van der Waals surface area contributed by atoms with Crippen molar-refractivity contribution in [3.63, 3.8) is 0 Å². The smallest absolute Gasteiger partial charge is 0.159 e. The Kier molecular flexibility index (Phi) is 4.49. The van der Waals surface area contributed by atoms with Crippen molar-refractivity contribution in [2.45, 2.75) is 26.3 Å². The molecule has 0 amide bonds. The first-order valence-corrected chi connectivity index (χ1v) is 6.71. The fourth-order valence-electron chi connectivity index (χ4n) is 2.19. The van der Waals surface area contributed by atoms with E-state index in [0.717, 1.165) is 30.3 Å². The van der Waals surface area contributed by atoms with E-state index in [1.165, 1.54) is 6.07 Å². The number of rotatable bonds is 5. The van der Waals surface area contributed by atoms with Crippen LogP contribution in [0.1, 0.15) is 36.2 Å². The van der Waals surface area contributed by atoms with Gasteiger partial charge in [0.15, 0.2) is 11.6 Å². The van der Waals surface area contributed by atoms with Gasteiger partial charge in [-0.3, -0.25) is 4.68 Å². The standard InChI is InChI=1S/C15H19F2N3/c1-4-7-18-15(12-9-19-20(3)10(12)2)11-5-6-13(16)14(17)8-11/h5-6,8-9,15,18H,4,7H2,1-3H3. The summed E-state index contributed by atoms with van der Waals surface area (Å²) >= 11 is 0. The molecule has 5 heteroatoms. The normalized spacial score (nSPS) is 12.7. The lowest BCUT2D eigenvalue weighted by Crippen LogP contribution is -2.24. The average molecular weight is 279 g/mol. The number of hydrogen-bond donors (Lipinski definition) is 1. The van der Waals surface area contributed by atoms with E-state index in [4.69, 9.17) is 0 Å². The third-order valence-electron chi connectivity index (χ3n) is 3.46. The monoisotopic (exact) mass is 279 g/mol. The Balaban J connectivity index is 2.41. The van der Waals surface area contributed by atoms with Crippen LogP contribution in [0.2, 0.25) is 0 Å². The zero-order chi connectivity index (χ0) is 14.7. The second-order valence-electron chi connectivity index (χ2n) is 4.87. The van der Waals surface area contributed by atoms with E-state index in [1.54, 1.807) is 16.9 Å². The molecule has 1 N–H and O–H groups in total. The van der Waals surface area contributed by atoms with Crippen LogP contribution in [-0.2, 0) is 7.05 Å². The molecule has 0 spiro atoms. The zero-order valence-electron chi connectivity index (χ0n) is 12.0. The molecule has 1 heterocycles. The summed E-state index contributed by atoms with van der Waals surface area (Å²) in [5, 5.41) is 7.58. The second kappa shape index (κ2) is 6.13. The van der Waals surface area contributed by atoms with Crippen LogP contribution in [0.15, 0.2) is 24.4 Å². The molecule has 1 atom stereocenters. The average Bonchev–Trinajstić information content (AvgIpc) is 2.75. The van der Waals surface area contributed by atoms with E-state index in [0.29, 0.717) is 5.56 Å². The number of aryl methyl sites for hydroxylation is 1. The predicted molar refractivity (Wildman–Crippen MR) is 74.4 cm³/mol. The van der Waals surface area contributed by atoms with Crippen molar-refractivity contribution in [1.82, 2.24) is 15.1 Å². The first kappa shape index (κ1) is 14.7. The lowest BCUT2D eigenvalue weighted by atomic mass is 9.99. The summed E-state index contributed by atoms with van der Waals surface area (Å²) < 4.78 is 28.3. The van der Waals surface area contributed by atoms with E-state index in [9.17, 15) is 8.78 Å². The minimum atomic E-state index is -0.828. The van der Waals surface area contributed by atoms with Gasteiger partial charge in [0.2, 0.25) is 0 Å². The summed E-state index contributed by atoms with van der Waals surface area (Å²) in [4.78, 5) is 0. The van der Waals surface area contributed by atoms with Gasteiger partial charge in [0.25, 0.3) is 0 Å². The maximum Gasteiger partial charge on any atom is 0.159 e. The SMILES string of the molecule is CCCNC(c1ccc(F)c(F)c1)c1cnn(C)c1C. The molecular formula is C15H19F2N3. The van der Waals surface area contributed by atoms with Gasteiger partial charge < -0.3 is 5.32 Å². The van der Waals surface area contributed by atoms with E-state index >= 15 is 0 Å². The summed E-state index contributed by atoms with van der Waals surface area (Å²) in [5.74, 6) is -1.65. The van der Waals surface area contributed by atoms with Gasteiger partial charge in [-0.15, -0.1) is 0 Å². The molecule has 1 unspecified atom stereocenters. The fourth-order valence-corrected chi connectivity index (χ4v) is 2.19. The molecule has 0 aliphatic heterocycles. The fraction of sp³-hybridized carbons (Fsp3) is 0.400. The number of hydrogen-bond acceptors (Lipinski definition) is 2. The van der Waals surface area contributed by atoms with Crippen LogP contribution in [0.25, 0.3) is 0 Å². The second-order valence-corrected chi connectivity index (χ2v) is 4.87. The Morgan fingerprint density at radius 1 is 1.30 bits per heavy atom. The molecule has 3 nitrogen and oxygen atoms in total. The molecule has 0 bridgehead atoms. The molecule has 2 aromatic rings. The number of nitrogens with zero attached hydrogens (tertiary/aromatic N) is 2. The quantitative estimate of drug-likeness (QED) is 0.911. The van der Waals surface area contributed by atoms with Crippen molar-refractivity contribution < 1.29 is 8.78 Å². The Labute approximate surface area is 117 Å². The number of benzene rings is 1. The van der Waals surface area contributed by atoms with E-state index < -0.39 is 11.6 Å². The number of nitrogens with one attached hydrogen (secondary N) is 1. The third-order valence-corrected chi connectivity index (χ3v) is 3.46. The van der Waals surface area contributed by atoms with Crippen molar-refractivity contribution in [2.24, 2.45) is 7.05 Å². The van der Waals surface area contributed by atoms with E-state index in [1.807, 2.05) is 14.0 Å². The maximum absolute atomic E-state index is 13.5. The van der Waals surface area contributed by atoms with Gasteiger partial charge in [-0.05, 0) is 37.6 Å². The van der Waals surface area contributed by atoms with Crippen molar-refractivity contribution in [1.29, 1.82) is 0 Å². The van der Waals surface area contributed by atoms with Crippen LogP contribution >= 0.6 is 0 Å². The minimum absolute atomic E-state index is 0.182. The highest BCUT2D eigenvalue weighted by atomic mass is 19.2. The molecule has 1 aromatic carbocycles. The molecule has 108 valence electrons. The number of halogens is 2. The highest BCUT2D eigenvalue weighted by molar-refractivity contribution is 5.33. The molecule has 0 aliphatic carbocycles. The lowest BCUT2D eigenvalue weighted by molar-refractivity contribution is 0.503. The maximum atomic E-state index is 13.5. The first-order chi connectivity index (χ1) is 9.54. The third kappa shape index (κ3) is 2.88. The molecule has 20 heavy (non-hydrogen) atoms. The minimum Gasteiger partial charge on any atom is -0.306 e. The van der Waals surface area contributed by atoms with Crippen molar-refractivity contribution >= 4 is 0 Å². The highest BCUT2D eigenvalue weighted by Gasteiger charge is 2.19. The van der Waals surface area contributed by atoms with Crippen LogP contribution in [0.5, 0.6) is 0 Å². The summed E-state index contributed by atoms with van der Waals surface area (Å²) in [7, 11) is 1.86. The molecule has 0 radical (unpaired) electrons. The Morgan fingerprint density at radius 2 is 2.05 bits per heavy atom. The Bertz CT molecular complexity index is 593. The Hall–Kier alpha value is -1.75. The molecule has 0 saturated heterocycles. The van der Waals surface area contributed by atoms with Crippen LogP contribution in [0.4, 0.5) is 8.78 Å². The summed E-state index contributed by atoms with van der Waals surface area (Å²) in [5.41, 5.74) is 2.68. The predicted octanol–water partition coefficient (Wildman–Crippen LogP) is 3.10. The number of aromatic nitrogens is 2. The zero-order valence-corrected chi connectivity index (χ0v) is 12.0. The molecular weight excluding hydrogens is 260 g/mol. The van der Waals surface area contributed by atoms with E-state index in [2.05, 4.69) is 17.3 Å². The first-order valence-electron chi connectivity index (χ1n) is 6.71. The van der Waals surface area contributed by atoms with Crippen molar-refractivity contribution in [3.05, 3.63) is 52.9 Å². The van der Waals surface area contributed by atoms with Crippen LogP contribution in [0.3, 0.4) is 0 Å². The van der Waals surface area contributed by atoms with Gasteiger partial charge in [0, 0.05) is 18.3 Å².